The number of hydrogen-bond donors (Lipinski definition) is 1. The molecule has 2 nitrogen and oxygen atoms in total. The first kappa shape index (κ1) is 9.68. The highest BCUT2D eigenvalue weighted by Crippen LogP contribution is 2.15. The lowest BCUT2D eigenvalue weighted by Gasteiger charge is -2.12. The molecule has 2 N–H and O–H groups in total. The summed E-state index contributed by atoms with van der Waals surface area (Å²) < 4.78 is 0. The second-order valence-electron chi connectivity index (χ2n) is 3.42. The van der Waals surface area contributed by atoms with Crippen LogP contribution in [-0.4, -0.2) is 11.0 Å². The van der Waals surface area contributed by atoms with Crippen molar-refractivity contribution >= 4 is 11.3 Å². The summed E-state index contributed by atoms with van der Waals surface area (Å²) in [7, 11) is 0. The Labute approximate surface area is 77.8 Å². The minimum absolute atomic E-state index is 0.259. The maximum absolute atomic E-state index is 5.77. The number of aryl methyl sites for hydroxylation is 1. The van der Waals surface area contributed by atoms with Crippen LogP contribution in [0.4, 0.5) is 0 Å². The van der Waals surface area contributed by atoms with E-state index in [1.165, 1.54) is 5.01 Å². The summed E-state index contributed by atoms with van der Waals surface area (Å²) in [6, 6.07) is 0.259. The number of thiazole rings is 1. The van der Waals surface area contributed by atoms with Crippen molar-refractivity contribution in [1.82, 2.24) is 4.98 Å². The monoisotopic (exact) mass is 184 g/mol. The van der Waals surface area contributed by atoms with Gasteiger partial charge in [0.1, 0.15) is 0 Å². The molecule has 0 aromatic carbocycles. The highest BCUT2D eigenvalue weighted by molar-refractivity contribution is 7.09. The first-order valence-corrected chi connectivity index (χ1v) is 5.14. The van der Waals surface area contributed by atoms with Gasteiger partial charge in [0.2, 0.25) is 0 Å². The summed E-state index contributed by atoms with van der Waals surface area (Å²) in [6.07, 6.45) is 1.01. The Kier molecular flexibility index (Phi) is 3.23. The Hall–Kier alpha value is -0.410. The molecule has 0 aliphatic heterocycles. The smallest absolute Gasteiger partial charge is 0.0931 e. The van der Waals surface area contributed by atoms with Crippen LogP contribution in [0.15, 0.2) is 5.38 Å². The SMILES string of the molecule is Cc1csc(CC(C)C(C)N)n1. The van der Waals surface area contributed by atoms with Crippen LogP contribution in [0.2, 0.25) is 0 Å². The van der Waals surface area contributed by atoms with Crippen LogP contribution in [-0.2, 0) is 6.42 Å². The molecule has 0 aliphatic rings. The molecule has 0 spiro atoms. The summed E-state index contributed by atoms with van der Waals surface area (Å²) in [6.45, 7) is 6.24. The molecule has 2 atom stereocenters. The van der Waals surface area contributed by atoms with Gasteiger partial charge in [-0.05, 0) is 19.8 Å². The fourth-order valence-electron chi connectivity index (χ4n) is 0.958. The van der Waals surface area contributed by atoms with Crippen molar-refractivity contribution in [3.8, 4) is 0 Å². The largest absolute Gasteiger partial charge is 0.328 e. The zero-order valence-electron chi connectivity index (χ0n) is 7.87. The average Bonchev–Trinajstić information content (AvgIpc) is 2.35. The highest BCUT2D eigenvalue weighted by atomic mass is 32.1. The highest BCUT2D eigenvalue weighted by Gasteiger charge is 2.10. The normalized spacial score (nSPS) is 16.0. The van der Waals surface area contributed by atoms with Crippen molar-refractivity contribution in [2.45, 2.75) is 33.2 Å². The third-order valence-corrected chi connectivity index (χ3v) is 3.05. The van der Waals surface area contributed by atoms with Crippen molar-refractivity contribution in [3.05, 3.63) is 16.1 Å². The molecule has 0 aliphatic carbocycles. The molecular formula is C9H16N2S. The molecule has 1 aromatic rings. The minimum Gasteiger partial charge on any atom is -0.328 e. The maximum atomic E-state index is 5.77. The second-order valence-corrected chi connectivity index (χ2v) is 4.37. The molecule has 12 heavy (non-hydrogen) atoms. The lowest BCUT2D eigenvalue weighted by molar-refractivity contribution is 0.480. The Morgan fingerprint density at radius 1 is 1.58 bits per heavy atom. The number of nitrogens with two attached hydrogens (primary N) is 1. The lowest BCUT2D eigenvalue weighted by Crippen LogP contribution is -2.25. The number of hydrogen-bond acceptors (Lipinski definition) is 3. The first-order valence-electron chi connectivity index (χ1n) is 4.26. The van der Waals surface area contributed by atoms with Gasteiger partial charge < -0.3 is 5.73 Å². The fraction of sp³-hybridized carbons (Fsp3) is 0.667. The zero-order valence-corrected chi connectivity index (χ0v) is 8.69. The van der Waals surface area contributed by atoms with Gasteiger partial charge >= 0.3 is 0 Å². The van der Waals surface area contributed by atoms with Crippen LogP contribution in [0.1, 0.15) is 24.5 Å². The van der Waals surface area contributed by atoms with Gasteiger partial charge in [-0.2, -0.15) is 0 Å². The van der Waals surface area contributed by atoms with E-state index >= 15 is 0 Å². The van der Waals surface area contributed by atoms with Crippen LogP contribution in [0.5, 0.6) is 0 Å². The molecule has 1 rings (SSSR count). The Morgan fingerprint density at radius 3 is 2.67 bits per heavy atom. The van der Waals surface area contributed by atoms with Gasteiger partial charge in [-0.25, -0.2) is 4.98 Å². The van der Waals surface area contributed by atoms with Crippen molar-refractivity contribution in [3.63, 3.8) is 0 Å². The third kappa shape index (κ3) is 2.57. The van der Waals surface area contributed by atoms with Gasteiger partial charge in [-0.1, -0.05) is 6.92 Å². The Morgan fingerprint density at radius 2 is 2.25 bits per heavy atom. The Balaban J connectivity index is 2.52. The topological polar surface area (TPSA) is 38.9 Å². The summed E-state index contributed by atoms with van der Waals surface area (Å²) >= 11 is 1.73. The van der Waals surface area contributed by atoms with Crippen LogP contribution < -0.4 is 5.73 Å². The van der Waals surface area contributed by atoms with Gasteiger partial charge in [0.15, 0.2) is 0 Å². The summed E-state index contributed by atoms with van der Waals surface area (Å²) in [5.74, 6) is 0.524. The molecule has 1 heterocycles. The standard InChI is InChI=1S/C9H16N2S/c1-6(8(3)10)4-9-11-7(2)5-12-9/h5-6,8H,4,10H2,1-3H3. The molecule has 68 valence electrons. The molecule has 1 aromatic heterocycles. The molecular weight excluding hydrogens is 168 g/mol. The molecule has 0 saturated carbocycles. The predicted octanol–water partition coefficient (Wildman–Crippen LogP) is 1.98. The van der Waals surface area contributed by atoms with E-state index in [0.29, 0.717) is 5.92 Å². The fourth-order valence-corrected chi connectivity index (χ4v) is 1.87. The van der Waals surface area contributed by atoms with Gasteiger partial charge in [0, 0.05) is 23.5 Å². The van der Waals surface area contributed by atoms with E-state index in [2.05, 4.69) is 17.3 Å². The number of aromatic nitrogens is 1. The Bertz CT molecular complexity index is 242. The summed E-state index contributed by atoms with van der Waals surface area (Å²) in [5.41, 5.74) is 6.88. The number of rotatable bonds is 3. The van der Waals surface area contributed by atoms with E-state index < -0.39 is 0 Å². The molecule has 0 amide bonds. The third-order valence-electron chi connectivity index (χ3n) is 2.06. The number of nitrogens with zero attached hydrogens (tertiary/aromatic N) is 1. The van der Waals surface area contributed by atoms with Crippen LogP contribution in [0, 0.1) is 12.8 Å². The van der Waals surface area contributed by atoms with E-state index in [0.717, 1.165) is 12.1 Å². The van der Waals surface area contributed by atoms with E-state index in [1.807, 2.05) is 13.8 Å². The van der Waals surface area contributed by atoms with Gasteiger partial charge in [-0.3, -0.25) is 0 Å². The van der Waals surface area contributed by atoms with Crippen LogP contribution >= 0.6 is 11.3 Å². The molecule has 2 unspecified atom stereocenters. The zero-order chi connectivity index (χ0) is 9.14. The molecule has 3 heteroatoms. The molecule has 0 radical (unpaired) electrons. The van der Waals surface area contributed by atoms with Crippen LogP contribution in [0.3, 0.4) is 0 Å². The quantitative estimate of drug-likeness (QED) is 0.780. The minimum atomic E-state index is 0.259. The maximum Gasteiger partial charge on any atom is 0.0931 e. The predicted molar refractivity (Wildman–Crippen MR) is 53.4 cm³/mol. The average molecular weight is 184 g/mol. The van der Waals surface area contributed by atoms with E-state index in [-0.39, 0.29) is 6.04 Å². The first-order chi connectivity index (χ1) is 5.59. The lowest BCUT2D eigenvalue weighted by atomic mass is 10.0. The van der Waals surface area contributed by atoms with Crippen molar-refractivity contribution in [2.75, 3.05) is 0 Å². The van der Waals surface area contributed by atoms with Gasteiger partial charge in [-0.15, -0.1) is 11.3 Å². The van der Waals surface area contributed by atoms with Gasteiger partial charge in [0.25, 0.3) is 0 Å². The van der Waals surface area contributed by atoms with E-state index in [9.17, 15) is 0 Å². The van der Waals surface area contributed by atoms with Crippen molar-refractivity contribution in [1.29, 1.82) is 0 Å². The van der Waals surface area contributed by atoms with Crippen LogP contribution in [0.25, 0.3) is 0 Å². The molecule has 0 bridgehead atoms. The van der Waals surface area contributed by atoms with Crippen molar-refractivity contribution in [2.24, 2.45) is 11.7 Å². The van der Waals surface area contributed by atoms with Gasteiger partial charge in [0.05, 0.1) is 5.01 Å². The second kappa shape index (κ2) is 4.01. The van der Waals surface area contributed by atoms with E-state index in [1.54, 1.807) is 11.3 Å². The summed E-state index contributed by atoms with van der Waals surface area (Å²) in [4.78, 5) is 4.40. The molecule has 0 fully saturated rings. The van der Waals surface area contributed by atoms with Crippen molar-refractivity contribution < 1.29 is 0 Å². The molecule has 0 saturated heterocycles. The van der Waals surface area contributed by atoms with E-state index in [4.69, 9.17) is 5.73 Å². The summed E-state index contributed by atoms with van der Waals surface area (Å²) in [5, 5.41) is 3.29.